The average Bonchev–Trinajstić information content (AvgIpc) is 3.40. The van der Waals surface area contributed by atoms with Crippen LogP contribution < -0.4 is 10.6 Å². The highest BCUT2D eigenvalue weighted by Crippen LogP contribution is 2.24. The Balaban J connectivity index is 1.43. The molecule has 2 amide bonds. The van der Waals surface area contributed by atoms with Crippen LogP contribution in [0.1, 0.15) is 49.2 Å². The quantitative estimate of drug-likeness (QED) is 0.629. The molecule has 0 saturated carbocycles. The molecule has 0 radical (unpaired) electrons. The smallest absolute Gasteiger partial charge is 0.260 e. The van der Waals surface area contributed by atoms with Crippen LogP contribution in [0.25, 0.3) is 4.83 Å². The van der Waals surface area contributed by atoms with Gasteiger partial charge in [0.1, 0.15) is 4.83 Å². The standard InChI is InChI=1S/C21H26N6O2S/c1-13(2)26-6-4-5-16(26)10-19(28)24-15-9-18(14(3)22-11-15)25-20(29)17-12-23-27-7-8-30-21(17)27/h7-9,11-13,16H,4-6,10H2,1-3H3,(H,24,28)(H,25,29). The first-order chi connectivity index (χ1) is 14.4. The van der Waals surface area contributed by atoms with Gasteiger partial charge in [-0.3, -0.25) is 19.5 Å². The molecule has 0 aliphatic carbocycles. The molecule has 0 aromatic carbocycles. The van der Waals surface area contributed by atoms with Crippen molar-refractivity contribution in [1.29, 1.82) is 0 Å². The van der Waals surface area contributed by atoms with E-state index >= 15 is 0 Å². The van der Waals surface area contributed by atoms with Gasteiger partial charge >= 0.3 is 0 Å². The summed E-state index contributed by atoms with van der Waals surface area (Å²) in [5.74, 6) is -0.285. The lowest BCUT2D eigenvalue weighted by Gasteiger charge is -2.27. The third-order valence-electron chi connectivity index (χ3n) is 5.50. The molecule has 158 valence electrons. The lowest BCUT2D eigenvalue weighted by molar-refractivity contribution is -0.117. The number of carbonyl (C=O) groups is 2. The molecule has 4 rings (SSSR count). The van der Waals surface area contributed by atoms with Gasteiger partial charge in [0.05, 0.1) is 35.0 Å². The van der Waals surface area contributed by atoms with E-state index in [1.54, 1.807) is 23.0 Å². The second kappa shape index (κ2) is 8.53. The van der Waals surface area contributed by atoms with Crippen molar-refractivity contribution in [1.82, 2.24) is 19.5 Å². The first-order valence-corrected chi connectivity index (χ1v) is 11.0. The predicted molar refractivity (Wildman–Crippen MR) is 118 cm³/mol. The van der Waals surface area contributed by atoms with Crippen LogP contribution in [0.5, 0.6) is 0 Å². The molecule has 30 heavy (non-hydrogen) atoms. The van der Waals surface area contributed by atoms with E-state index in [9.17, 15) is 9.59 Å². The summed E-state index contributed by atoms with van der Waals surface area (Å²) >= 11 is 1.46. The summed E-state index contributed by atoms with van der Waals surface area (Å²) in [6.45, 7) is 7.20. The molecule has 1 aliphatic rings. The molecule has 9 heteroatoms. The number of nitrogens with zero attached hydrogens (tertiary/aromatic N) is 4. The fraction of sp³-hybridized carbons (Fsp3) is 0.429. The van der Waals surface area contributed by atoms with Gasteiger partial charge in [-0.05, 0) is 46.2 Å². The first kappa shape index (κ1) is 20.5. The highest BCUT2D eigenvalue weighted by atomic mass is 32.1. The minimum Gasteiger partial charge on any atom is -0.325 e. The fourth-order valence-electron chi connectivity index (χ4n) is 3.98. The van der Waals surface area contributed by atoms with Gasteiger partial charge in [0.15, 0.2) is 0 Å². The molecule has 1 unspecified atom stereocenters. The number of hydrogen-bond donors (Lipinski definition) is 2. The van der Waals surface area contributed by atoms with Crippen LogP contribution in [0.2, 0.25) is 0 Å². The Morgan fingerprint density at radius 2 is 2.13 bits per heavy atom. The molecule has 1 fully saturated rings. The fourth-order valence-corrected chi connectivity index (χ4v) is 4.78. The topological polar surface area (TPSA) is 91.6 Å². The molecule has 1 aliphatic heterocycles. The number of thiazole rings is 1. The van der Waals surface area contributed by atoms with E-state index in [4.69, 9.17) is 0 Å². The van der Waals surface area contributed by atoms with Crippen molar-refractivity contribution in [3.8, 4) is 0 Å². The molecular formula is C21H26N6O2S. The molecule has 8 nitrogen and oxygen atoms in total. The number of rotatable bonds is 6. The van der Waals surface area contributed by atoms with Crippen LogP contribution in [-0.2, 0) is 4.79 Å². The Kier molecular flexibility index (Phi) is 5.83. The van der Waals surface area contributed by atoms with Crippen molar-refractivity contribution >= 4 is 39.4 Å². The zero-order valence-corrected chi connectivity index (χ0v) is 18.2. The summed E-state index contributed by atoms with van der Waals surface area (Å²) in [7, 11) is 0. The number of likely N-dealkylation sites (tertiary alicyclic amines) is 1. The van der Waals surface area contributed by atoms with Crippen LogP contribution >= 0.6 is 11.3 Å². The number of anilines is 2. The monoisotopic (exact) mass is 426 g/mol. The maximum absolute atomic E-state index is 12.7. The Bertz CT molecular complexity index is 1070. The van der Waals surface area contributed by atoms with Crippen molar-refractivity contribution in [3.63, 3.8) is 0 Å². The zero-order chi connectivity index (χ0) is 21.3. The number of hydrogen-bond acceptors (Lipinski definition) is 6. The lowest BCUT2D eigenvalue weighted by atomic mass is 10.1. The minimum atomic E-state index is -0.251. The number of pyridine rings is 1. The zero-order valence-electron chi connectivity index (χ0n) is 17.4. The van der Waals surface area contributed by atoms with E-state index in [0.29, 0.717) is 35.1 Å². The Hall–Kier alpha value is -2.78. The number of aryl methyl sites for hydroxylation is 1. The van der Waals surface area contributed by atoms with Gasteiger partial charge in [-0.1, -0.05) is 0 Å². The van der Waals surface area contributed by atoms with Gasteiger partial charge < -0.3 is 10.6 Å². The van der Waals surface area contributed by atoms with Crippen LogP contribution in [0.4, 0.5) is 11.4 Å². The molecule has 3 aromatic rings. The second-order valence-electron chi connectivity index (χ2n) is 7.90. The van der Waals surface area contributed by atoms with Crippen molar-refractivity contribution in [3.05, 3.63) is 41.3 Å². The van der Waals surface area contributed by atoms with Crippen molar-refractivity contribution in [2.75, 3.05) is 17.2 Å². The maximum Gasteiger partial charge on any atom is 0.260 e. The number of nitrogens with one attached hydrogen (secondary N) is 2. The molecule has 4 heterocycles. The normalized spacial score (nSPS) is 17.0. The van der Waals surface area contributed by atoms with Crippen LogP contribution in [0, 0.1) is 6.92 Å². The van der Waals surface area contributed by atoms with E-state index in [1.165, 1.54) is 11.3 Å². The number of aromatic nitrogens is 3. The molecule has 1 saturated heterocycles. The molecular weight excluding hydrogens is 400 g/mol. The Morgan fingerprint density at radius 1 is 1.30 bits per heavy atom. The average molecular weight is 427 g/mol. The molecule has 2 N–H and O–H groups in total. The van der Waals surface area contributed by atoms with Crippen molar-refractivity contribution in [2.24, 2.45) is 0 Å². The SMILES string of the molecule is Cc1ncc(NC(=O)CC2CCCN2C(C)C)cc1NC(=O)c1cnn2ccsc12. The molecule has 0 spiro atoms. The molecule has 0 bridgehead atoms. The van der Waals surface area contributed by atoms with E-state index < -0.39 is 0 Å². The van der Waals surface area contributed by atoms with Crippen LogP contribution in [0.15, 0.2) is 30.0 Å². The lowest BCUT2D eigenvalue weighted by Crippen LogP contribution is -2.37. The van der Waals surface area contributed by atoms with E-state index in [-0.39, 0.29) is 17.9 Å². The van der Waals surface area contributed by atoms with Gasteiger partial charge in [0.25, 0.3) is 5.91 Å². The number of carbonyl (C=O) groups excluding carboxylic acids is 2. The highest BCUT2D eigenvalue weighted by molar-refractivity contribution is 7.15. The minimum absolute atomic E-state index is 0.0348. The van der Waals surface area contributed by atoms with Gasteiger partial charge in [0.2, 0.25) is 5.91 Å². The van der Waals surface area contributed by atoms with E-state index in [1.807, 2.05) is 18.5 Å². The largest absolute Gasteiger partial charge is 0.325 e. The Morgan fingerprint density at radius 3 is 2.93 bits per heavy atom. The third-order valence-corrected chi connectivity index (χ3v) is 6.39. The maximum atomic E-state index is 12.7. The summed E-state index contributed by atoms with van der Waals surface area (Å²) in [4.78, 5) is 32.8. The summed E-state index contributed by atoms with van der Waals surface area (Å²) < 4.78 is 1.67. The third kappa shape index (κ3) is 4.22. The summed E-state index contributed by atoms with van der Waals surface area (Å²) in [6, 6.07) is 2.47. The van der Waals surface area contributed by atoms with Crippen LogP contribution in [-0.4, -0.2) is 49.9 Å². The summed E-state index contributed by atoms with van der Waals surface area (Å²) in [5.41, 5.74) is 2.33. The van der Waals surface area contributed by atoms with Crippen LogP contribution in [0.3, 0.4) is 0 Å². The number of fused-ring (bicyclic) bond motifs is 1. The van der Waals surface area contributed by atoms with Crippen molar-refractivity contribution < 1.29 is 9.59 Å². The molecule has 1 atom stereocenters. The molecule has 3 aromatic heterocycles. The van der Waals surface area contributed by atoms with E-state index in [0.717, 1.165) is 24.2 Å². The van der Waals surface area contributed by atoms with Crippen molar-refractivity contribution in [2.45, 2.75) is 52.1 Å². The summed E-state index contributed by atoms with van der Waals surface area (Å²) in [5, 5.41) is 11.9. The first-order valence-electron chi connectivity index (χ1n) is 10.2. The van der Waals surface area contributed by atoms with Gasteiger partial charge in [-0.25, -0.2) is 4.52 Å². The van der Waals surface area contributed by atoms with Gasteiger partial charge in [-0.15, -0.1) is 11.3 Å². The van der Waals surface area contributed by atoms with Gasteiger partial charge in [0, 0.05) is 30.1 Å². The second-order valence-corrected chi connectivity index (χ2v) is 8.80. The summed E-state index contributed by atoms with van der Waals surface area (Å²) in [6.07, 6.45) is 7.62. The number of amides is 2. The predicted octanol–water partition coefficient (Wildman–Crippen LogP) is 3.55. The Labute approximate surface area is 179 Å². The van der Waals surface area contributed by atoms with Gasteiger partial charge in [-0.2, -0.15) is 5.10 Å². The highest BCUT2D eigenvalue weighted by Gasteiger charge is 2.28. The van der Waals surface area contributed by atoms with E-state index in [2.05, 4.69) is 39.5 Å².